The van der Waals surface area contributed by atoms with Crippen molar-refractivity contribution in [2.75, 3.05) is 11.9 Å². The molecule has 0 fully saturated rings. The molecule has 2 aromatic rings. The van der Waals surface area contributed by atoms with Crippen molar-refractivity contribution >= 4 is 11.8 Å². The number of aliphatic hydroxyl groups excluding tert-OH is 1. The molecule has 1 amide bonds. The largest absolute Gasteiger partial charge is 0.417 e. The number of rotatable bonds is 7. The zero-order chi connectivity index (χ0) is 25.0. The van der Waals surface area contributed by atoms with Crippen LogP contribution < -0.4 is 15.6 Å². The van der Waals surface area contributed by atoms with Crippen LogP contribution in [0.1, 0.15) is 51.8 Å². The van der Waals surface area contributed by atoms with E-state index in [1.165, 1.54) is 17.7 Å². The van der Waals surface area contributed by atoms with Gasteiger partial charge in [0.1, 0.15) is 5.75 Å². The number of fused-ring (bicyclic) bond motifs is 1. The number of pyridine rings is 1. The van der Waals surface area contributed by atoms with E-state index in [4.69, 9.17) is 4.74 Å². The Bertz CT molecular complexity index is 1150. The summed E-state index contributed by atoms with van der Waals surface area (Å²) >= 11 is 0. The smallest absolute Gasteiger partial charge is 0.410 e. The Balaban J connectivity index is 1.97. The summed E-state index contributed by atoms with van der Waals surface area (Å²) < 4.78 is 33.9. The molecule has 0 bridgehead atoms. The number of ether oxygens (including phenoxy) is 1. The average Bonchev–Trinajstić information content (AvgIpc) is 2.74. The van der Waals surface area contributed by atoms with Crippen molar-refractivity contribution in [2.24, 2.45) is 11.3 Å². The molecule has 1 aliphatic rings. The van der Waals surface area contributed by atoms with Gasteiger partial charge in [0.15, 0.2) is 11.6 Å². The molecule has 0 saturated heterocycles. The number of benzene rings is 1. The molecule has 1 atom stereocenters. The number of aromatic nitrogens is 1. The van der Waals surface area contributed by atoms with E-state index in [0.29, 0.717) is 25.8 Å². The van der Waals surface area contributed by atoms with Gasteiger partial charge in [-0.1, -0.05) is 25.5 Å². The molecule has 8 heteroatoms. The minimum absolute atomic E-state index is 0.0385. The summed E-state index contributed by atoms with van der Waals surface area (Å²) in [6.45, 7) is 8.77. The number of carbonyl (C=O) groups excluding carboxylic acids is 1. The molecule has 3 rings (SSSR count). The van der Waals surface area contributed by atoms with E-state index in [1.54, 1.807) is 4.57 Å². The predicted octanol–water partition coefficient (Wildman–Crippen LogP) is 5.22. The Kier molecular flexibility index (Phi) is 7.92. The zero-order valence-corrected chi connectivity index (χ0v) is 20.1. The molecule has 6 nitrogen and oxygen atoms in total. The van der Waals surface area contributed by atoms with Crippen molar-refractivity contribution in [3.63, 3.8) is 0 Å². The van der Waals surface area contributed by atoms with Crippen LogP contribution >= 0.6 is 0 Å². The van der Waals surface area contributed by atoms with E-state index in [1.807, 2.05) is 13.8 Å². The second kappa shape index (κ2) is 10.5. The molecule has 0 spiro atoms. The topological polar surface area (TPSA) is 80.6 Å². The van der Waals surface area contributed by atoms with E-state index in [2.05, 4.69) is 25.2 Å². The first-order valence-corrected chi connectivity index (χ1v) is 11.5. The van der Waals surface area contributed by atoms with Crippen LogP contribution in [0.2, 0.25) is 0 Å². The molecule has 1 heterocycles. The highest BCUT2D eigenvalue weighted by Gasteiger charge is 2.38. The average molecular weight is 475 g/mol. The molecule has 1 aliphatic carbocycles. The minimum Gasteiger partial charge on any atom is -0.410 e. The molecule has 0 radical (unpaired) electrons. The van der Waals surface area contributed by atoms with Gasteiger partial charge in [0.2, 0.25) is 0 Å². The number of amides is 1. The zero-order valence-electron chi connectivity index (χ0n) is 20.1. The highest BCUT2D eigenvalue weighted by Crippen LogP contribution is 2.44. The fraction of sp³-hybridized carbons (Fsp3) is 0.462. The molecule has 1 aromatic carbocycles. The van der Waals surface area contributed by atoms with Crippen molar-refractivity contribution in [1.82, 2.24) is 4.57 Å². The van der Waals surface area contributed by atoms with Crippen molar-refractivity contribution in [3.05, 3.63) is 69.2 Å². The molecule has 0 aliphatic heterocycles. The van der Waals surface area contributed by atoms with Gasteiger partial charge in [-0.2, -0.15) is 0 Å². The summed E-state index contributed by atoms with van der Waals surface area (Å²) in [7, 11) is 0. The van der Waals surface area contributed by atoms with E-state index in [0.717, 1.165) is 29.8 Å². The molecular formula is C26H32F2N2O4. The molecule has 0 saturated carbocycles. The summed E-state index contributed by atoms with van der Waals surface area (Å²) in [6, 6.07) is 4.28. The Labute approximate surface area is 198 Å². The highest BCUT2D eigenvalue weighted by molar-refractivity contribution is 5.86. The third-order valence-corrected chi connectivity index (χ3v) is 6.39. The number of nitrogens with one attached hydrogen (secondary N) is 1. The number of carbonyl (C=O) groups is 1. The van der Waals surface area contributed by atoms with Crippen LogP contribution in [-0.4, -0.2) is 22.4 Å². The minimum atomic E-state index is -1.09. The lowest BCUT2D eigenvalue weighted by molar-refractivity contribution is 0.182. The Hall–Kier alpha value is -3.00. The molecule has 1 aromatic heterocycles. The first-order valence-electron chi connectivity index (χ1n) is 11.5. The van der Waals surface area contributed by atoms with Gasteiger partial charge in [-0.15, -0.1) is 0 Å². The summed E-state index contributed by atoms with van der Waals surface area (Å²) in [5.74, 6) is -1.69. The second-order valence-electron chi connectivity index (χ2n) is 9.73. The second-order valence-corrected chi connectivity index (χ2v) is 9.73. The van der Waals surface area contributed by atoms with Crippen LogP contribution in [-0.2, 0) is 19.4 Å². The fourth-order valence-electron chi connectivity index (χ4n) is 4.40. The van der Waals surface area contributed by atoms with E-state index in [9.17, 15) is 23.5 Å². The monoisotopic (exact) mass is 474 g/mol. The van der Waals surface area contributed by atoms with Gasteiger partial charge in [-0.05, 0) is 63.0 Å². The van der Waals surface area contributed by atoms with Crippen molar-refractivity contribution < 1.29 is 23.4 Å². The molecule has 34 heavy (non-hydrogen) atoms. The van der Waals surface area contributed by atoms with Crippen LogP contribution in [0.15, 0.2) is 40.7 Å². The van der Waals surface area contributed by atoms with Gasteiger partial charge in [-0.3, -0.25) is 10.1 Å². The van der Waals surface area contributed by atoms with Crippen LogP contribution in [0.4, 0.5) is 19.3 Å². The Morgan fingerprint density at radius 2 is 2.00 bits per heavy atom. The quantitative estimate of drug-likeness (QED) is 0.540. The number of aliphatic hydroxyl groups is 1. The van der Waals surface area contributed by atoms with Gasteiger partial charge in [-0.25, -0.2) is 13.6 Å². The highest BCUT2D eigenvalue weighted by atomic mass is 19.2. The van der Waals surface area contributed by atoms with Crippen LogP contribution in [0.3, 0.4) is 0 Å². The maximum absolute atomic E-state index is 13.5. The van der Waals surface area contributed by atoms with Gasteiger partial charge >= 0.3 is 6.09 Å². The Morgan fingerprint density at radius 1 is 1.26 bits per heavy atom. The maximum Gasteiger partial charge on any atom is 0.417 e. The molecular weight excluding hydrogens is 442 g/mol. The van der Waals surface area contributed by atoms with E-state index < -0.39 is 17.7 Å². The van der Waals surface area contributed by atoms with Crippen LogP contribution in [0.25, 0.3) is 0 Å². The van der Waals surface area contributed by atoms with Crippen molar-refractivity contribution in [3.8, 4) is 5.75 Å². The van der Waals surface area contributed by atoms with Gasteiger partial charge in [0.25, 0.3) is 5.56 Å². The SMILES string of the molecule is CC(C)=CCC1Cc2c(OC(=O)Nc3ccc(F)c(F)c3)cc(=O)n(CCCO)c2CC1(C)C. The summed E-state index contributed by atoms with van der Waals surface area (Å²) in [4.78, 5) is 25.5. The third kappa shape index (κ3) is 5.91. The lowest BCUT2D eigenvalue weighted by Crippen LogP contribution is -2.38. The molecule has 1 unspecified atom stereocenters. The number of halogens is 2. The fourth-order valence-corrected chi connectivity index (χ4v) is 4.40. The van der Waals surface area contributed by atoms with Crippen molar-refractivity contribution in [1.29, 1.82) is 0 Å². The first-order chi connectivity index (χ1) is 16.0. The van der Waals surface area contributed by atoms with E-state index in [-0.39, 0.29) is 34.9 Å². The van der Waals surface area contributed by atoms with Gasteiger partial charge in [0.05, 0.1) is 0 Å². The predicted molar refractivity (Wildman–Crippen MR) is 127 cm³/mol. The lowest BCUT2D eigenvalue weighted by atomic mass is 9.66. The number of anilines is 1. The lowest BCUT2D eigenvalue weighted by Gasteiger charge is -2.41. The number of nitrogens with zero attached hydrogens (tertiary/aromatic N) is 1. The number of allylic oxidation sites excluding steroid dienone is 2. The normalized spacial score (nSPS) is 16.5. The first kappa shape index (κ1) is 25.6. The summed E-state index contributed by atoms with van der Waals surface area (Å²) in [5, 5.41) is 11.7. The molecule has 2 N–H and O–H groups in total. The third-order valence-electron chi connectivity index (χ3n) is 6.39. The summed E-state index contributed by atoms with van der Waals surface area (Å²) in [5.41, 5.74) is 2.42. The molecule has 184 valence electrons. The van der Waals surface area contributed by atoms with Gasteiger partial charge < -0.3 is 14.4 Å². The van der Waals surface area contributed by atoms with Crippen LogP contribution in [0.5, 0.6) is 5.75 Å². The number of hydrogen-bond donors (Lipinski definition) is 2. The Morgan fingerprint density at radius 3 is 2.65 bits per heavy atom. The maximum atomic E-state index is 13.5. The van der Waals surface area contributed by atoms with E-state index >= 15 is 0 Å². The van der Waals surface area contributed by atoms with Crippen molar-refractivity contribution in [2.45, 2.75) is 59.9 Å². The summed E-state index contributed by atoms with van der Waals surface area (Å²) in [6.07, 6.45) is 3.81. The van der Waals surface area contributed by atoms with Gasteiger partial charge in [0, 0.05) is 42.2 Å². The standard InChI is InChI=1S/C26H32F2N2O4/c1-16(2)6-7-17-12-19-22(15-26(17,3)4)30(10-5-11-31)24(32)14-23(19)34-25(33)29-18-8-9-20(27)21(28)13-18/h6,8-9,13-14,17,31H,5,7,10-12,15H2,1-4H3,(H,29,33). The van der Waals surface area contributed by atoms with Crippen LogP contribution in [0, 0.1) is 23.0 Å². The number of hydrogen-bond acceptors (Lipinski definition) is 4.